The van der Waals surface area contributed by atoms with E-state index in [0.717, 1.165) is 0 Å². The van der Waals surface area contributed by atoms with Crippen molar-refractivity contribution >= 4 is 11.8 Å². The summed E-state index contributed by atoms with van der Waals surface area (Å²) in [4.78, 5) is 23.0. The van der Waals surface area contributed by atoms with Crippen molar-refractivity contribution in [1.29, 1.82) is 0 Å². The Kier molecular flexibility index (Phi) is 4.71. The maximum absolute atomic E-state index is 11.6. The van der Waals surface area contributed by atoms with Crippen molar-refractivity contribution in [3.63, 3.8) is 0 Å². The average molecular weight is 348 g/mol. The molecular weight excluding hydrogens is 332 g/mol. The monoisotopic (exact) mass is 348 g/mol. The molecule has 2 N–H and O–H groups in total. The number of rotatable bonds is 5. The predicted molar refractivity (Wildman–Crippen MR) is 96.3 cm³/mol. The Hall–Kier alpha value is -3.60. The first-order valence-corrected chi connectivity index (χ1v) is 7.88. The highest BCUT2D eigenvalue weighted by Crippen LogP contribution is 2.30. The molecule has 0 radical (unpaired) electrons. The van der Waals surface area contributed by atoms with Gasteiger partial charge < -0.3 is 14.9 Å². The predicted octanol–water partition coefficient (Wildman–Crippen LogP) is 3.64. The Labute approximate surface area is 150 Å². The van der Waals surface area contributed by atoms with Crippen molar-refractivity contribution < 1.29 is 24.5 Å². The number of carbonyl (C=O) groups excluding carboxylic acids is 1. The van der Waals surface area contributed by atoms with E-state index in [0.29, 0.717) is 28.9 Å². The van der Waals surface area contributed by atoms with Crippen molar-refractivity contribution in [2.75, 3.05) is 0 Å². The van der Waals surface area contributed by atoms with E-state index < -0.39 is 5.97 Å². The number of ether oxygens (including phenoxy) is 1. The molecule has 2 aromatic rings. The van der Waals surface area contributed by atoms with Crippen LogP contribution in [0.25, 0.3) is 0 Å². The zero-order chi connectivity index (χ0) is 18.7. The third-order valence-electron chi connectivity index (χ3n) is 3.94. The topological polar surface area (TPSA) is 83.8 Å². The minimum absolute atomic E-state index is 0.000778. The Morgan fingerprint density at radius 1 is 1.08 bits per heavy atom. The van der Waals surface area contributed by atoms with E-state index in [2.05, 4.69) is 6.58 Å². The summed E-state index contributed by atoms with van der Waals surface area (Å²) in [7, 11) is 0. The summed E-state index contributed by atoms with van der Waals surface area (Å²) in [6.45, 7) is 3.83. The van der Waals surface area contributed by atoms with Gasteiger partial charge in [-0.1, -0.05) is 30.8 Å². The third kappa shape index (κ3) is 3.72. The van der Waals surface area contributed by atoms with Crippen LogP contribution in [0.5, 0.6) is 11.5 Å². The fraction of sp³-hybridized carbons (Fsp3) is 0.0476. The minimum atomic E-state index is -1.01. The van der Waals surface area contributed by atoms with Crippen molar-refractivity contribution in [3.8, 4) is 11.5 Å². The van der Waals surface area contributed by atoms with E-state index >= 15 is 0 Å². The van der Waals surface area contributed by atoms with Gasteiger partial charge >= 0.3 is 5.97 Å². The Bertz CT molecular complexity index is 966. The van der Waals surface area contributed by atoms with Crippen LogP contribution in [-0.2, 0) is 11.2 Å². The van der Waals surface area contributed by atoms with Crippen LogP contribution in [-0.4, -0.2) is 22.0 Å². The zero-order valence-corrected chi connectivity index (χ0v) is 13.8. The van der Waals surface area contributed by atoms with Gasteiger partial charge in [0, 0.05) is 24.1 Å². The third-order valence-corrected chi connectivity index (χ3v) is 3.94. The van der Waals surface area contributed by atoms with Crippen LogP contribution >= 0.6 is 0 Å². The minimum Gasteiger partial charge on any atom is -0.508 e. The van der Waals surface area contributed by atoms with Gasteiger partial charge in [-0.05, 0) is 35.4 Å². The van der Waals surface area contributed by atoms with Crippen LogP contribution in [0.1, 0.15) is 21.5 Å². The molecule has 0 aromatic heterocycles. The van der Waals surface area contributed by atoms with Crippen molar-refractivity contribution in [1.82, 2.24) is 0 Å². The maximum Gasteiger partial charge on any atom is 0.335 e. The Morgan fingerprint density at radius 3 is 2.62 bits per heavy atom. The first-order valence-electron chi connectivity index (χ1n) is 7.88. The van der Waals surface area contributed by atoms with Gasteiger partial charge in [-0.25, -0.2) is 4.79 Å². The molecule has 3 rings (SSSR count). The number of carboxylic acids is 1. The fourth-order valence-electron chi connectivity index (χ4n) is 2.62. The first kappa shape index (κ1) is 17.2. The Balaban J connectivity index is 1.96. The largest absolute Gasteiger partial charge is 0.508 e. The van der Waals surface area contributed by atoms with Crippen molar-refractivity contribution in [3.05, 3.63) is 95.3 Å². The smallest absolute Gasteiger partial charge is 0.335 e. The molecule has 0 bridgehead atoms. The molecule has 0 heterocycles. The van der Waals surface area contributed by atoms with Crippen LogP contribution in [0.2, 0.25) is 0 Å². The van der Waals surface area contributed by atoms with E-state index in [1.165, 1.54) is 30.4 Å². The maximum atomic E-state index is 11.6. The number of allylic oxidation sites excluding steroid dienone is 3. The number of hydrogen-bond donors (Lipinski definition) is 2. The molecule has 0 unspecified atom stereocenters. The number of phenolic OH excluding ortho intramolecular Hbond substituents is 1. The highest BCUT2D eigenvalue weighted by atomic mass is 16.5. The number of aromatic hydroxyl groups is 1. The molecule has 26 heavy (non-hydrogen) atoms. The lowest BCUT2D eigenvalue weighted by atomic mass is 9.99. The molecule has 0 atom stereocenters. The molecule has 2 aromatic carbocycles. The summed E-state index contributed by atoms with van der Waals surface area (Å²) in [6.07, 6.45) is 4.56. The van der Waals surface area contributed by atoms with Gasteiger partial charge in [-0.2, -0.15) is 0 Å². The highest BCUT2D eigenvalue weighted by Gasteiger charge is 2.16. The summed E-state index contributed by atoms with van der Waals surface area (Å²) >= 11 is 0. The SMILES string of the molecule is C=C1C=CC(=O)C=C1Oc1cc(O)ccc1Cc1ccccc1C(=O)O. The fourth-order valence-corrected chi connectivity index (χ4v) is 2.62. The lowest BCUT2D eigenvalue weighted by molar-refractivity contribution is -0.110. The molecule has 0 fully saturated rings. The van der Waals surface area contributed by atoms with E-state index in [1.807, 2.05) is 0 Å². The number of aromatic carboxylic acids is 1. The van der Waals surface area contributed by atoms with E-state index in [4.69, 9.17) is 4.74 Å². The molecule has 1 aliphatic carbocycles. The second-order valence-electron chi connectivity index (χ2n) is 5.80. The van der Waals surface area contributed by atoms with Gasteiger partial charge in [-0.3, -0.25) is 4.79 Å². The summed E-state index contributed by atoms with van der Waals surface area (Å²) in [5.74, 6) is -0.609. The number of carbonyl (C=O) groups is 2. The molecule has 5 nitrogen and oxygen atoms in total. The molecule has 5 heteroatoms. The number of carboxylic acid groups (broad SMARTS) is 1. The molecule has 0 aliphatic heterocycles. The zero-order valence-electron chi connectivity index (χ0n) is 13.8. The molecule has 0 saturated heterocycles. The lowest BCUT2D eigenvalue weighted by Gasteiger charge is -2.16. The van der Waals surface area contributed by atoms with Gasteiger partial charge in [0.1, 0.15) is 17.3 Å². The molecule has 1 aliphatic rings. The molecule has 0 spiro atoms. The standard InChI is InChI=1S/C21H16O5/c1-13-6-8-16(22)11-19(13)26-20-12-17(23)9-7-15(20)10-14-4-2-3-5-18(14)21(24)25/h2-9,11-12,23H,1,10H2,(H,24,25). The quantitative estimate of drug-likeness (QED) is 0.862. The summed E-state index contributed by atoms with van der Waals surface area (Å²) in [6, 6.07) is 11.3. The van der Waals surface area contributed by atoms with E-state index in [9.17, 15) is 19.8 Å². The summed E-state index contributed by atoms with van der Waals surface area (Å²) < 4.78 is 5.80. The van der Waals surface area contributed by atoms with Gasteiger partial charge in [0.25, 0.3) is 0 Å². The average Bonchev–Trinajstić information content (AvgIpc) is 2.61. The first-order chi connectivity index (χ1) is 12.4. The normalized spacial score (nSPS) is 13.5. The molecular formula is C21H16O5. The number of ketones is 1. The second kappa shape index (κ2) is 7.11. The van der Waals surface area contributed by atoms with Gasteiger partial charge in [0.15, 0.2) is 5.78 Å². The van der Waals surface area contributed by atoms with Gasteiger partial charge in [0.05, 0.1) is 5.56 Å². The summed E-state index contributed by atoms with van der Waals surface area (Å²) in [5.41, 5.74) is 2.02. The van der Waals surface area contributed by atoms with Gasteiger partial charge in [-0.15, -0.1) is 0 Å². The van der Waals surface area contributed by atoms with Crippen LogP contribution in [0.15, 0.2) is 78.6 Å². The van der Waals surface area contributed by atoms with Gasteiger partial charge in [0.2, 0.25) is 0 Å². The van der Waals surface area contributed by atoms with E-state index in [-0.39, 0.29) is 22.9 Å². The Morgan fingerprint density at radius 2 is 1.85 bits per heavy atom. The number of benzene rings is 2. The molecule has 0 amide bonds. The summed E-state index contributed by atoms with van der Waals surface area (Å²) in [5, 5.41) is 19.1. The van der Waals surface area contributed by atoms with Crippen LogP contribution < -0.4 is 4.74 Å². The lowest BCUT2D eigenvalue weighted by Crippen LogP contribution is -2.07. The molecule has 0 saturated carbocycles. The second-order valence-corrected chi connectivity index (χ2v) is 5.80. The van der Waals surface area contributed by atoms with Crippen LogP contribution in [0, 0.1) is 0 Å². The van der Waals surface area contributed by atoms with Crippen molar-refractivity contribution in [2.45, 2.75) is 6.42 Å². The number of phenols is 1. The van der Waals surface area contributed by atoms with Crippen molar-refractivity contribution in [2.24, 2.45) is 0 Å². The number of hydrogen-bond acceptors (Lipinski definition) is 4. The van der Waals surface area contributed by atoms with E-state index in [1.54, 1.807) is 30.3 Å². The highest BCUT2D eigenvalue weighted by molar-refractivity contribution is 6.02. The van der Waals surface area contributed by atoms with Crippen LogP contribution in [0.3, 0.4) is 0 Å². The molecule has 130 valence electrons. The van der Waals surface area contributed by atoms with Crippen LogP contribution in [0.4, 0.5) is 0 Å².